The monoisotopic (exact) mass is 693 g/mol. The van der Waals surface area contributed by atoms with Crippen LogP contribution in [0.3, 0.4) is 0 Å². The number of hydrogen-bond acceptors (Lipinski definition) is 4. The molecule has 12 aromatic rings. The average Bonchev–Trinajstić information content (AvgIpc) is 3.89. The van der Waals surface area contributed by atoms with Crippen LogP contribution in [0, 0.1) is 0 Å². The molecule has 4 nitrogen and oxygen atoms in total. The lowest BCUT2D eigenvalue weighted by Crippen LogP contribution is -2.02. The van der Waals surface area contributed by atoms with Crippen molar-refractivity contribution in [3.63, 3.8) is 0 Å². The quantitative estimate of drug-likeness (QED) is 0.185. The fourth-order valence-electron chi connectivity index (χ4n) is 8.31. The maximum absolute atomic E-state index is 6.53. The molecule has 0 unspecified atom stereocenters. The number of rotatable bonds is 3. The molecule has 8 aromatic carbocycles. The number of thiophene rings is 1. The molecule has 0 radical (unpaired) electrons. The van der Waals surface area contributed by atoms with Crippen LogP contribution in [-0.2, 0) is 0 Å². The van der Waals surface area contributed by atoms with Gasteiger partial charge in [-0.2, -0.15) is 0 Å². The van der Waals surface area contributed by atoms with Gasteiger partial charge >= 0.3 is 0 Å². The van der Waals surface area contributed by atoms with Crippen molar-refractivity contribution in [3.8, 4) is 28.3 Å². The molecule has 0 aliphatic carbocycles. The smallest absolute Gasteiger partial charge is 0.236 e. The molecule has 0 saturated heterocycles. The summed E-state index contributed by atoms with van der Waals surface area (Å²) in [7, 11) is 0. The molecule has 0 amide bonds. The van der Waals surface area contributed by atoms with Crippen molar-refractivity contribution in [2.75, 3.05) is 0 Å². The van der Waals surface area contributed by atoms with Crippen molar-refractivity contribution in [3.05, 3.63) is 164 Å². The van der Waals surface area contributed by atoms with Gasteiger partial charge in [-0.1, -0.05) is 115 Å². The summed E-state index contributed by atoms with van der Waals surface area (Å²) in [5.74, 6) is 0.654. The highest BCUT2D eigenvalue weighted by Gasteiger charge is 2.21. The van der Waals surface area contributed by atoms with E-state index in [4.69, 9.17) is 14.4 Å². The molecule has 0 saturated carbocycles. The number of nitrogens with zero attached hydrogens (tertiary/aromatic N) is 3. The van der Waals surface area contributed by atoms with Crippen LogP contribution in [0.25, 0.3) is 114 Å². The van der Waals surface area contributed by atoms with Crippen LogP contribution in [0.1, 0.15) is 0 Å². The molecule has 4 aromatic heterocycles. The second kappa shape index (κ2) is 10.8. The fraction of sp³-hybridized carbons (Fsp3) is 0. The maximum Gasteiger partial charge on any atom is 0.236 e. The van der Waals surface area contributed by atoms with Crippen molar-refractivity contribution in [2.24, 2.45) is 0 Å². The first-order chi connectivity index (χ1) is 26.2. The van der Waals surface area contributed by atoms with Crippen molar-refractivity contribution in [2.45, 2.75) is 0 Å². The summed E-state index contributed by atoms with van der Waals surface area (Å²) in [6.45, 7) is 0. The van der Waals surface area contributed by atoms with E-state index < -0.39 is 0 Å². The van der Waals surface area contributed by atoms with Crippen molar-refractivity contribution >= 4 is 96.9 Å². The van der Waals surface area contributed by atoms with Gasteiger partial charge in [0.25, 0.3) is 0 Å². The molecule has 0 N–H and O–H groups in total. The molecule has 12 rings (SSSR count). The minimum atomic E-state index is 0.654. The fourth-order valence-corrected chi connectivity index (χ4v) is 9.38. The zero-order chi connectivity index (χ0) is 34.6. The van der Waals surface area contributed by atoms with Crippen LogP contribution < -0.4 is 0 Å². The molecule has 246 valence electrons. The van der Waals surface area contributed by atoms with Gasteiger partial charge in [0.05, 0.1) is 16.7 Å². The van der Waals surface area contributed by atoms with E-state index in [1.807, 2.05) is 12.1 Å². The topological polar surface area (TPSA) is 43.9 Å². The molecule has 5 heteroatoms. The molecule has 0 fully saturated rings. The Morgan fingerprint density at radius 3 is 2.06 bits per heavy atom. The van der Waals surface area contributed by atoms with Crippen LogP contribution >= 0.6 is 11.3 Å². The first kappa shape index (κ1) is 28.8. The molecule has 4 heterocycles. The zero-order valence-electron chi connectivity index (χ0n) is 28.2. The molecular weight excluding hydrogens is 667 g/mol. The van der Waals surface area contributed by atoms with Gasteiger partial charge in [-0.25, -0.2) is 9.97 Å². The summed E-state index contributed by atoms with van der Waals surface area (Å²) in [4.78, 5) is 11.9. The third-order valence-electron chi connectivity index (χ3n) is 10.8. The zero-order valence-corrected chi connectivity index (χ0v) is 29.1. The van der Waals surface area contributed by atoms with Crippen LogP contribution in [-0.4, -0.2) is 14.5 Å². The van der Waals surface area contributed by atoms with Gasteiger partial charge in [0.1, 0.15) is 16.0 Å². The average molecular weight is 694 g/mol. The van der Waals surface area contributed by atoms with E-state index in [9.17, 15) is 0 Å². The van der Waals surface area contributed by atoms with Crippen molar-refractivity contribution in [1.29, 1.82) is 0 Å². The summed E-state index contributed by atoms with van der Waals surface area (Å²) in [6, 6.07) is 58.4. The molecular formula is C48H27N3OS. The van der Waals surface area contributed by atoms with Gasteiger partial charge < -0.3 is 4.42 Å². The third kappa shape index (κ3) is 4.23. The van der Waals surface area contributed by atoms with E-state index in [0.29, 0.717) is 5.95 Å². The third-order valence-corrected chi connectivity index (χ3v) is 11.9. The van der Waals surface area contributed by atoms with E-state index in [-0.39, 0.29) is 0 Å². The van der Waals surface area contributed by atoms with Crippen molar-refractivity contribution in [1.82, 2.24) is 14.5 Å². The van der Waals surface area contributed by atoms with Gasteiger partial charge in [0.2, 0.25) is 5.95 Å². The number of benzene rings is 8. The van der Waals surface area contributed by atoms with Gasteiger partial charge in [0, 0.05) is 48.0 Å². The van der Waals surface area contributed by atoms with E-state index in [0.717, 1.165) is 76.0 Å². The van der Waals surface area contributed by atoms with E-state index in [2.05, 4.69) is 156 Å². The highest BCUT2D eigenvalue weighted by atomic mass is 32.1. The lowest BCUT2D eigenvalue weighted by atomic mass is 9.98. The Labute approximate surface area is 306 Å². The largest absolute Gasteiger partial charge is 0.455 e. The summed E-state index contributed by atoms with van der Waals surface area (Å²) < 4.78 is 9.97. The predicted octanol–water partition coefficient (Wildman–Crippen LogP) is 13.5. The standard InChI is InChI=1S/C48H27N3OS/c1-2-10-28(11-3-1)29-18-19-31-25-33(21-20-30(31)24-29)45-44-37-14-6-9-17-43(37)53-47(44)50-48(49-45)51-40-15-7-4-12-34(40)39-26-32-22-23-36-35-13-5-8-16-42(35)52-46(36)38(32)27-41(39)51/h1-27H. The maximum atomic E-state index is 6.53. The minimum absolute atomic E-state index is 0.654. The van der Waals surface area contributed by atoms with Crippen LogP contribution in [0.4, 0.5) is 0 Å². The van der Waals surface area contributed by atoms with Gasteiger partial charge in [0.15, 0.2) is 0 Å². The highest BCUT2D eigenvalue weighted by Crippen LogP contribution is 2.42. The molecule has 0 aliphatic heterocycles. The van der Waals surface area contributed by atoms with Gasteiger partial charge in [-0.15, -0.1) is 11.3 Å². The first-order valence-electron chi connectivity index (χ1n) is 17.8. The molecule has 0 bridgehead atoms. The Hall–Kier alpha value is -6.82. The minimum Gasteiger partial charge on any atom is -0.455 e. The first-order valence-corrected chi connectivity index (χ1v) is 18.6. The molecule has 0 atom stereocenters. The van der Waals surface area contributed by atoms with E-state index >= 15 is 0 Å². The molecule has 0 aliphatic rings. The Balaban J connectivity index is 1.14. The lowest BCUT2D eigenvalue weighted by molar-refractivity contribution is 0.672. The number of fused-ring (bicyclic) bond motifs is 12. The summed E-state index contributed by atoms with van der Waals surface area (Å²) in [6.07, 6.45) is 0. The number of furan rings is 1. The summed E-state index contributed by atoms with van der Waals surface area (Å²) >= 11 is 1.72. The molecule has 0 spiro atoms. The number of aromatic nitrogens is 3. The second-order valence-electron chi connectivity index (χ2n) is 13.8. The van der Waals surface area contributed by atoms with Gasteiger partial charge in [-0.05, 0) is 75.8 Å². The Kier molecular flexibility index (Phi) is 5.90. The summed E-state index contributed by atoms with van der Waals surface area (Å²) in [5, 5.41) is 11.4. The molecule has 53 heavy (non-hydrogen) atoms. The van der Waals surface area contributed by atoms with E-state index in [1.54, 1.807) is 11.3 Å². The van der Waals surface area contributed by atoms with Crippen molar-refractivity contribution < 1.29 is 4.42 Å². The Bertz CT molecular complexity index is 3460. The van der Waals surface area contributed by atoms with Crippen LogP contribution in [0.5, 0.6) is 0 Å². The lowest BCUT2D eigenvalue weighted by Gasteiger charge is -2.12. The Morgan fingerprint density at radius 2 is 1.17 bits per heavy atom. The number of hydrogen-bond donors (Lipinski definition) is 0. The van der Waals surface area contributed by atoms with Crippen LogP contribution in [0.15, 0.2) is 168 Å². The predicted molar refractivity (Wildman–Crippen MR) is 222 cm³/mol. The Morgan fingerprint density at radius 1 is 0.453 bits per heavy atom. The SMILES string of the molecule is c1ccc(-c2ccc3cc(-c4nc(-n5c6ccccc6c6cc7ccc8c9ccccc9oc8c7cc65)nc5sc6ccccc6c45)ccc3c2)cc1. The van der Waals surface area contributed by atoms with E-state index in [1.165, 1.54) is 32.0 Å². The highest BCUT2D eigenvalue weighted by molar-refractivity contribution is 7.25. The number of para-hydroxylation sites is 2. The normalized spacial score (nSPS) is 12.2. The second-order valence-corrected chi connectivity index (χ2v) is 14.8. The summed E-state index contributed by atoms with van der Waals surface area (Å²) in [5.41, 5.74) is 8.33. The van der Waals surface area contributed by atoms with Crippen LogP contribution in [0.2, 0.25) is 0 Å². The van der Waals surface area contributed by atoms with Gasteiger partial charge in [-0.3, -0.25) is 4.57 Å².